The molecule has 180 valence electrons. The summed E-state index contributed by atoms with van der Waals surface area (Å²) in [5.74, 6) is -2.15. The summed E-state index contributed by atoms with van der Waals surface area (Å²) < 4.78 is 27.9. The molecule has 1 aliphatic heterocycles. The van der Waals surface area contributed by atoms with E-state index in [1.165, 1.54) is 24.3 Å². The summed E-state index contributed by atoms with van der Waals surface area (Å²) in [6, 6.07) is 19.2. The van der Waals surface area contributed by atoms with Gasteiger partial charge in [0.15, 0.2) is 0 Å². The van der Waals surface area contributed by atoms with Crippen LogP contribution in [0.1, 0.15) is 51.6 Å². The van der Waals surface area contributed by atoms with Gasteiger partial charge in [-0.15, -0.1) is 0 Å². The van der Waals surface area contributed by atoms with Crippen molar-refractivity contribution >= 4 is 33.4 Å². The fourth-order valence-electron chi connectivity index (χ4n) is 3.99. The summed E-state index contributed by atoms with van der Waals surface area (Å²) in [7, 11) is -4.31. The van der Waals surface area contributed by atoms with Crippen LogP contribution in [0.3, 0.4) is 0 Å². The van der Waals surface area contributed by atoms with E-state index in [-0.39, 0.29) is 21.7 Å². The summed E-state index contributed by atoms with van der Waals surface area (Å²) in [5, 5.41) is 0. The van der Waals surface area contributed by atoms with Gasteiger partial charge in [-0.1, -0.05) is 55.3 Å². The third-order valence-corrected chi connectivity index (χ3v) is 7.71. The molecule has 3 aromatic carbocycles. The van der Waals surface area contributed by atoms with E-state index in [1.807, 2.05) is 6.92 Å². The summed E-state index contributed by atoms with van der Waals surface area (Å²) in [6.45, 7) is 3.22. The molecule has 0 atom stereocenters. The van der Waals surface area contributed by atoms with E-state index in [0.717, 1.165) is 35.3 Å². The molecule has 0 bridgehead atoms. The molecule has 3 amide bonds. The van der Waals surface area contributed by atoms with E-state index in [0.29, 0.717) is 4.31 Å². The van der Waals surface area contributed by atoms with E-state index in [1.54, 1.807) is 48.5 Å². The van der Waals surface area contributed by atoms with Crippen molar-refractivity contribution in [2.45, 2.75) is 38.0 Å². The van der Waals surface area contributed by atoms with Crippen LogP contribution < -0.4 is 4.31 Å². The van der Waals surface area contributed by atoms with Crippen molar-refractivity contribution in [3.63, 3.8) is 0 Å². The van der Waals surface area contributed by atoms with Gasteiger partial charge in [0.25, 0.3) is 27.7 Å². The first-order valence-electron chi connectivity index (χ1n) is 11.4. The fraction of sp³-hybridized carbons (Fsp3) is 0.222. The molecule has 7 nitrogen and oxygen atoms in total. The molecule has 8 heteroatoms. The quantitative estimate of drug-likeness (QED) is 0.438. The van der Waals surface area contributed by atoms with Crippen LogP contribution in [-0.2, 0) is 21.2 Å². The highest BCUT2D eigenvalue weighted by Gasteiger charge is 2.39. The van der Waals surface area contributed by atoms with Crippen LogP contribution >= 0.6 is 0 Å². The predicted octanol–water partition coefficient (Wildman–Crippen LogP) is 4.36. The predicted molar refractivity (Wildman–Crippen MR) is 133 cm³/mol. The van der Waals surface area contributed by atoms with Gasteiger partial charge in [-0.3, -0.25) is 19.3 Å². The van der Waals surface area contributed by atoms with E-state index in [4.69, 9.17) is 0 Å². The fourth-order valence-corrected chi connectivity index (χ4v) is 5.41. The molecule has 0 N–H and O–H groups in total. The number of sulfonamides is 1. The number of rotatable bonds is 8. The smallest absolute Gasteiger partial charge is 0.270 e. The van der Waals surface area contributed by atoms with Gasteiger partial charge in [0.1, 0.15) is 6.54 Å². The van der Waals surface area contributed by atoms with Crippen molar-refractivity contribution in [1.82, 2.24) is 4.90 Å². The molecular formula is C27H26N2O5S. The maximum atomic E-state index is 13.6. The molecule has 0 saturated heterocycles. The molecule has 0 spiro atoms. The third kappa shape index (κ3) is 4.74. The lowest BCUT2D eigenvalue weighted by Gasteiger charge is -2.25. The molecule has 0 unspecified atom stereocenters. The van der Waals surface area contributed by atoms with Crippen LogP contribution in [0.2, 0.25) is 0 Å². The number of carbonyl (C=O) groups is 3. The first-order chi connectivity index (χ1) is 16.7. The average molecular weight is 491 g/mol. The van der Waals surface area contributed by atoms with Gasteiger partial charge >= 0.3 is 0 Å². The van der Waals surface area contributed by atoms with E-state index < -0.39 is 34.3 Å². The number of benzene rings is 3. The average Bonchev–Trinajstić information content (AvgIpc) is 3.09. The number of unbranched alkanes of at least 4 members (excludes halogenated alkanes) is 1. The van der Waals surface area contributed by atoms with Gasteiger partial charge in [-0.25, -0.2) is 12.7 Å². The van der Waals surface area contributed by atoms with Crippen LogP contribution in [0.25, 0.3) is 0 Å². The molecule has 0 aliphatic carbocycles. The lowest BCUT2D eigenvalue weighted by atomic mass is 10.1. The van der Waals surface area contributed by atoms with Crippen molar-refractivity contribution in [2.24, 2.45) is 0 Å². The van der Waals surface area contributed by atoms with Gasteiger partial charge in [0, 0.05) is 0 Å². The standard InChI is InChI=1S/C27H26N2O5S/c1-3-4-7-20-12-14-21(15-13-20)29(35(33,34)22-16-10-19(2)11-17-22)25(30)18-28-26(31)23-8-5-6-9-24(23)27(28)32/h5-6,8-17H,3-4,7,18H2,1-2H3. The number of carbonyl (C=O) groups excluding carboxylic acids is 3. The minimum absolute atomic E-state index is 0.0612. The number of imide groups is 1. The summed E-state index contributed by atoms with van der Waals surface area (Å²) >= 11 is 0. The number of anilines is 1. The van der Waals surface area contributed by atoms with Crippen LogP contribution in [0.4, 0.5) is 5.69 Å². The van der Waals surface area contributed by atoms with Gasteiger partial charge in [-0.05, 0) is 61.7 Å². The van der Waals surface area contributed by atoms with Gasteiger partial charge < -0.3 is 0 Å². The number of aryl methyl sites for hydroxylation is 2. The highest BCUT2D eigenvalue weighted by molar-refractivity contribution is 7.93. The zero-order chi connectivity index (χ0) is 25.2. The summed E-state index contributed by atoms with van der Waals surface area (Å²) in [6.07, 6.45) is 2.85. The van der Waals surface area contributed by atoms with E-state index in [9.17, 15) is 22.8 Å². The Morgan fingerprint density at radius 1 is 0.857 bits per heavy atom. The minimum Gasteiger partial charge on any atom is -0.271 e. The Kier molecular flexibility index (Phi) is 6.84. The molecule has 0 aromatic heterocycles. The number of hydrogen-bond donors (Lipinski definition) is 0. The number of hydrogen-bond acceptors (Lipinski definition) is 5. The summed E-state index contributed by atoms with van der Waals surface area (Å²) in [5.41, 5.74) is 2.42. The van der Waals surface area contributed by atoms with Crippen LogP contribution in [-0.4, -0.2) is 37.6 Å². The first-order valence-corrected chi connectivity index (χ1v) is 12.9. The Morgan fingerprint density at radius 2 is 1.43 bits per heavy atom. The largest absolute Gasteiger partial charge is 0.271 e. The summed E-state index contributed by atoms with van der Waals surface area (Å²) in [4.78, 5) is 39.8. The molecule has 1 heterocycles. The topological polar surface area (TPSA) is 91.8 Å². The molecule has 0 fully saturated rings. The number of nitrogens with zero attached hydrogens (tertiary/aromatic N) is 2. The van der Waals surface area contributed by atoms with Crippen molar-refractivity contribution in [2.75, 3.05) is 10.8 Å². The number of fused-ring (bicyclic) bond motifs is 1. The third-order valence-electron chi connectivity index (χ3n) is 5.95. The maximum absolute atomic E-state index is 13.6. The Morgan fingerprint density at radius 3 is 1.97 bits per heavy atom. The molecule has 0 saturated carbocycles. The zero-order valence-corrected chi connectivity index (χ0v) is 20.4. The Hall–Kier alpha value is -3.78. The second kappa shape index (κ2) is 9.84. The van der Waals surface area contributed by atoms with Gasteiger partial charge in [-0.2, -0.15) is 0 Å². The first kappa shape index (κ1) is 24.3. The van der Waals surface area contributed by atoms with Gasteiger partial charge in [0.2, 0.25) is 0 Å². The minimum atomic E-state index is -4.31. The lowest BCUT2D eigenvalue weighted by Crippen LogP contribution is -2.45. The van der Waals surface area contributed by atoms with Crippen molar-refractivity contribution in [3.8, 4) is 0 Å². The van der Waals surface area contributed by atoms with Crippen LogP contribution in [0.15, 0.2) is 77.7 Å². The molecule has 0 radical (unpaired) electrons. The zero-order valence-electron chi connectivity index (χ0n) is 19.6. The lowest BCUT2D eigenvalue weighted by molar-refractivity contribution is -0.117. The van der Waals surface area contributed by atoms with E-state index in [2.05, 4.69) is 6.92 Å². The molecule has 35 heavy (non-hydrogen) atoms. The normalized spacial score (nSPS) is 13.1. The second-order valence-corrected chi connectivity index (χ2v) is 10.3. The maximum Gasteiger partial charge on any atom is 0.270 e. The monoisotopic (exact) mass is 490 g/mol. The van der Waals surface area contributed by atoms with Crippen molar-refractivity contribution < 1.29 is 22.8 Å². The van der Waals surface area contributed by atoms with Crippen LogP contribution in [0, 0.1) is 6.92 Å². The highest BCUT2D eigenvalue weighted by atomic mass is 32.2. The number of amides is 3. The molecule has 3 aromatic rings. The van der Waals surface area contributed by atoms with Crippen molar-refractivity contribution in [3.05, 3.63) is 95.1 Å². The van der Waals surface area contributed by atoms with E-state index >= 15 is 0 Å². The molecular weight excluding hydrogens is 464 g/mol. The van der Waals surface area contributed by atoms with Crippen molar-refractivity contribution in [1.29, 1.82) is 0 Å². The molecule has 4 rings (SSSR count). The molecule has 1 aliphatic rings. The van der Waals surface area contributed by atoms with Crippen LogP contribution in [0.5, 0.6) is 0 Å². The Bertz CT molecular complexity index is 1340. The van der Waals surface area contributed by atoms with Gasteiger partial charge in [0.05, 0.1) is 21.7 Å². The second-order valence-electron chi connectivity index (χ2n) is 8.49. The SMILES string of the molecule is CCCCc1ccc(N(C(=O)CN2C(=O)c3ccccc3C2=O)S(=O)(=O)c2ccc(C)cc2)cc1. The Balaban J connectivity index is 1.70. The Labute approximate surface area is 205 Å². The highest BCUT2D eigenvalue weighted by Crippen LogP contribution is 2.27.